The third kappa shape index (κ3) is 2.21. The van der Waals surface area contributed by atoms with Crippen LogP contribution in [-0.4, -0.2) is 19.0 Å². The van der Waals surface area contributed by atoms with Crippen molar-refractivity contribution >= 4 is 27.5 Å². The average Bonchev–Trinajstić information content (AvgIpc) is 3.10. The number of benzene rings is 2. The fourth-order valence-corrected chi connectivity index (χ4v) is 6.10. The molecule has 1 fully saturated rings. The maximum atomic E-state index is 6.47. The van der Waals surface area contributed by atoms with E-state index in [1.165, 1.54) is 16.7 Å². The van der Waals surface area contributed by atoms with Crippen molar-refractivity contribution in [3.05, 3.63) is 63.1 Å². The third-order valence-electron chi connectivity index (χ3n) is 6.98. The van der Waals surface area contributed by atoms with Crippen LogP contribution in [0.4, 0.5) is 5.69 Å². The Bertz CT molecular complexity index is 962. The molecule has 27 heavy (non-hydrogen) atoms. The van der Waals surface area contributed by atoms with Crippen LogP contribution in [0.1, 0.15) is 47.9 Å². The summed E-state index contributed by atoms with van der Waals surface area (Å²) in [6, 6.07) is 12.7. The molecule has 5 rings (SSSR count). The molecule has 1 atom stereocenters. The quantitative estimate of drug-likeness (QED) is 0.674. The van der Waals surface area contributed by atoms with Crippen LogP contribution >= 0.6 is 15.9 Å². The molecular weight excluding hydrogens is 402 g/mol. The van der Waals surface area contributed by atoms with Gasteiger partial charge in [-0.25, -0.2) is 0 Å². The first-order valence-electron chi connectivity index (χ1n) is 9.56. The standard InChI is InChI=1S/C22H24BrN3O/c1-27-16-6-8-21(9-7-16)12-13-2-3-14(23)10-19(13)22(21)18-5-4-15(24)11-17(18)20(25)26-22/h2-5,10-11,16H,6-9,12,24H2,1H3,(H2,25,26). The van der Waals surface area contributed by atoms with Crippen molar-refractivity contribution in [3.8, 4) is 0 Å². The summed E-state index contributed by atoms with van der Waals surface area (Å²) < 4.78 is 6.75. The largest absolute Gasteiger partial charge is 0.399 e. The highest BCUT2D eigenvalue weighted by Gasteiger charge is 2.62. The minimum atomic E-state index is -0.419. The first kappa shape index (κ1) is 17.3. The van der Waals surface area contributed by atoms with E-state index in [4.69, 9.17) is 21.2 Å². The Morgan fingerprint density at radius 3 is 2.59 bits per heavy atom. The Morgan fingerprint density at radius 2 is 1.85 bits per heavy atom. The molecular formula is C22H24BrN3O. The lowest BCUT2D eigenvalue weighted by atomic mass is 9.59. The van der Waals surface area contributed by atoms with E-state index in [1.807, 2.05) is 19.2 Å². The number of fused-ring (bicyclic) bond motifs is 5. The van der Waals surface area contributed by atoms with E-state index in [2.05, 4.69) is 40.2 Å². The normalized spacial score (nSPS) is 31.2. The van der Waals surface area contributed by atoms with Gasteiger partial charge in [-0.2, -0.15) is 0 Å². The summed E-state index contributed by atoms with van der Waals surface area (Å²) in [6.45, 7) is 0. The number of ether oxygens (including phenoxy) is 1. The third-order valence-corrected chi connectivity index (χ3v) is 7.47. The lowest BCUT2D eigenvalue weighted by molar-refractivity contribution is 0.00685. The van der Waals surface area contributed by atoms with Crippen molar-refractivity contribution in [3.63, 3.8) is 0 Å². The molecule has 2 aromatic carbocycles. The highest BCUT2D eigenvalue weighted by atomic mass is 79.9. The van der Waals surface area contributed by atoms with E-state index in [9.17, 15) is 0 Å². The van der Waals surface area contributed by atoms with E-state index in [0.29, 0.717) is 11.9 Å². The number of nitrogen functional groups attached to an aromatic ring is 1. The molecule has 140 valence electrons. The minimum Gasteiger partial charge on any atom is -0.399 e. The molecule has 1 heterocycles. The number of methoxy groups -OCH3 is 1. The number of anilines is 1. The van der Waals surface area contributed by atoms with Crippen LogP contribution in [0.15, 0.2) is 45.9 Å². The number of hydrogen-bond donors (Lipinski definition) is 2. The number of nitrogens with two attached hydrogens (primary N) is 2. The van der Waals surface area contributed by atoms with Gasteiger partial charge < -0.3 is 16.2 Å². The molecule has 1 unspecified atom stereocenters. The average molecular weight is 426 g/mol. The number of nitrogens with zero attached hydrogens (tertiary/aromatic N) is 1. The van der Waals surface area contributed by atoms with Crippen LogP contribution in [0, 0.1) is 5.41 Å². The minimum absolute atomic E-state index is 0.0388. The molecule has 1 aliphatic heterocycles. The summed E-state index contributed by atoms with van der Waals surface area (Å²) in [7, 11) is 1.82. The highest BCUT2D eigenvalue weighted by molar-refractivity contribution is 9.10. The Labute approximate surface area is 168 Å². The highest BCUT2D eigenvalue weighted by Crippen LogP contribution is 2.64. The molecule has 0 amide bonds. The zero-order chi connectivity index (χ0) is 18.8. The van der Waals surface area contributed by atoms with Gasteiger partial charge in [-0.1, -0.05) is 28.1 Å². The monoisotopic (exact) mass is 425 g/mol. The molecule has 3 aliphatic rings. The van der Waals surface area contributed by atoms with Gasteiger partial charge in [-0.15, -0.1) is 0 Å². The summed E-state index contributed by atoms with van der Waals surface area (Å²) in [6.07, 6.45) is 5.67. The Hall–Kier alpha value is -1.85. The van der Waals surface area contributed by atoms with Gasteiger partial charge in [-0.05, 0) is 73.1 Å². The predicted molar refractivity (Wildman–Crippen MR) is 112 cm³/mol. The lowest BCUT2D eigenvalue weighted by Gasteiger charge is -2.47. The Morgan fingerprint density at radius 1 is 1.07 bits per heavy atom. The van der Waals surface area contributed by atoms with Crippen molar-refractivity contribution in [1.29, 1.82) is 0 Å². The molecule has 4 N–H and O–H groups in total. The van der Waals surface area contributed by atoms with Crippen molar-refractivity contribution in [2.45, 2.75) is 43.7 Å². The molecule has 1 saturated carbocycles. The first-order chi connectivity index (χ1) is 13.0. The van der Waals surface area contributed by atoms with Crippen LogP contribution in [0.25, 0.3) is 0 Å². The summed E-state index contributed by atoms with van der Waals surface area (Å²) in [4.78, 5) is 5.22. The van der Waals surface area contributed by atoms with Gasteiger partial charge in [0.2, 0.25) is 0 Å². The second kappa shape index (κ2) is 5.82. The van der Waals surface area contributed by atoms with Crippen LogP contribution in [0.5, 0.6) is 0 Å². The SMILES string of the molecule is COC1CCC2(CC1)Cc1ccc(Br)cc1C21N=C(N)c2cc(N)ccc21. The predicted octanol–water partition coefficient (Wildman–Crippen LogP) is 4.13. The summed E-state index contributed by atoms with van der Waals surface area (Å²) >= 11 is 3.68. The van der Waals surface area contributed by atoms with Crippen LogP contribution in [-0.2, 0) is 16.7 Å². The van der Waals surface area contributed by atoms with Gasteiger partial charge in [0.05, 0.1) is 6.10 Å². The van der Waals surface area contributed by atoms with Crippen LogP contribution in [0.3, 0.4) is 0 Å². The number of rotatable bonds is 1. The first-order valence-corrected chi connectivity index (χ1v) is 10.4. The molecule has 2 aliphatic carbocycles. The fourth-order valence-electron chi connectivity index (χ4n) is 5.74. The van der Waals surface area contributed by atoms with Gasteiger partial charge in [0.15, 0.2) is 0 Å². The van der Waals surface area contributed by atoms with Gasteiger partial charge in [0.25, 0.3) is 0 Å². The zero-order valence-corrected chi connectivity index (χ0v) is 17.1. The molecule has 0 saturated heterocycles. The van der Waals surface area contributed by atoms with Crippen molar-refractivity contribution < 1.29 is 4.74 Å². The Balaban J connectivity index is 1.77. The molecule has 0 aromatic heterocycles. The van der Waals surface area contributed by atoms with Gasteiger partial charge in [0.1, 0.15) is 11.4 Å². The molecule has 0 bridgehead atoms. The number of aliphatic imine (C=N–C) groups is 1. The Kier molecular flexibility index (Phi) is 3.72. The summed E-state index contributed by atoms with van der Waals surface area (Å²) in [5, 5.41) is 0. The van der Waals surface area contributed by atoms with Crippen molar-refractivity contribution in [1.82, 2.24) is 0 Å². The molecule has 0 radical (unpaired) electrons. The smallest absolute Gasteiger partial charge is 0.127 e. The lowest BCUT2D eigenvalue weighted by Crippen LogP contribution is -2.45. The molecule has 5 heteroatoms. The molecule has 2 spiro atoms. The zero-order valence-electron chi connectivity index (χ0n) is 15.5. The van der Waals surface area contributed by atoms with Gasteiger partial charge in [0, 0.05) is 28.2 Å². The van der Waals surface area contributed by atoms with E-state index < -0.39 is 5.54 Å². The maximum absolute atomic E-state index is 6.47. The van der Waals surface area contributed by atoms with E-state index >= 15 is 0 Å². The van der Waals surface area contributed by atoms with Crippen LogP contribution < -0.4 is 11.5 Å². The maximum Gasteiger partial charge on any atom is 0.127 e. The topological polar surface area (TPSA) is 73.6 Å². The number of hydrogen-bond acceptors (Lipinski definition) is 4. The second-order valence-electron chi connectivity index (χ2n) is 8.21. The van der Waals surface area contributed by atoms with Crippen molar-refractivity contribution in [2.24, 2.45) is 16.1 Å². The molecule has 4 nitrogen and oxygen atoms in total. The van der Waals surface area contributed by atoms with Crippen LogP contribution in [0.2, 0.25) is 0 Å². The van der Waals surface area contributed by atoms with E-state index in [-0.39, 0.29) is 5.41 Å². The van der Waals surface area contributed by atoms with E-state index in [0.717, 1.165) is 47.8 Å². The van der Waals surface area contributed by atoms with Gasteiger partial charge >= 0.3 is 0 Å². The van der Waals surface area contributed by atoms with E-state index in [1.54, 1.807) is 0 Å². The second-order valence-corrected chi connectivity index (χ2v) is 9.12. The molecule has 2 aromatic rings. The number of amidine groups is 1. The van der Waals surface area contributed by atoms with Crippen molar-refractivity contribution in [2.75, 3.05) is 12.8 Å². The number of halogens is 1. The summed E-state index contributed by atoms with van der Waals surface area (Å²) in [5.74, 6) is 0.610. The summed E-state index contributed by atoms with van der Waals surface area (Å²) in [5.41, 5.74) is 17.8. The van der Waals surface area contributed by atoms with Gasteiger partial charge in [-0.3, -0.25) is 4.99 Å². The fraction of sp³-hybridized carbons (Fsp3) is 0.409.